The van der Waals surface area contributed by atoms with E-state index in [-0.39, 0.29) is 17.7 Å². The zero-order chi connectivity index (χ0) is 22.7. The number of carbonyl (C=O) groups is 1. The first-order valence-electron chi connectivity index (χ1n) is 9.24. The van der Waals surface area contributed by atoms with Gasteiger partial charge in [0.05, 0.1) is 5.69 Å². The Morgan fingerprint density at radius 1 is 1.22 bits per heavy atom. The van der Waals surface area contributed by atoms with Crippen LogP contribution in [0.2, 0.25) is 0 Å². The summed E-state index contributed by atoms with van der Waals surface area (Å²) in [7, 11) is 0. The van der Waals surface area contributed by atoms with E-state index in [9.17, 15) is 14.9 Å². The van der Waals surface area contributed by atoms with Gasteiger partial charge in [-0.1, -0.05) is 34.8 Å². The monoisotopic (exact) mass is 465 g/mol. The molecule has 0 aliphatic heterocycles. The van der Waals surface area contributed by atoms with Crippen molar-refractivity contribution < 1.29 is 9.53 Å². The number of hydrogen-bond acceptors (Lipinski definition) is 10. The molecule has 0 radical (unpaired) electrons. The molecule has 4 rings (SSSR count). The molecular formula is C20H15N7O3S2. The van der Waals surface area contributed by atoms with E-state index in [0.29, 0.717) is 32.1 Å². The molecule has 4 aromatic rings. The van der Waals surface area contributed by atoms with Crippen molar-refractivity contribution in [3.8, 4) is 11.8 Å². The van der Waals surface area contributed by atoms with Crippen LogP contribution in [0.15, 0.2) is 40.7 Å². The molecule has 0 spiro atoms. The van der Waals surface area contributed by atoms with Crippen molar-refractivity contribution in [2.45, 2.75) is 20.5 Å². The van der Waals surface area contributed by atoms with Gasteiger partial charge in [0.15, 0.2) is 0 Å². The number of nitrogens with zero attached hydrogens (tertiary/aromatic N) is 6. The quantitative estimate of drug-likeness (QED) is 0.339. The van der Waals surface area contributed by atoms with Gasteiger partial charge in [-0.15, -0.1) is 10.2 Å². The number of aryl methyl sites for hydroxylation is 2. The van der Waals surface area contributed by atoms with Gasteiger partial charge in [-0.2, -0.15) is 14.9 Å². The van der Waals surface area contributed by atoms with E-state index in [2.05, 4.69) is 25.6 Å². The van der Waals surface area contributed by atoms with Crippen molar-refractivity contribution in [3.63, 3.8) is 0 Å². The zero-order valence-electron chi connectivity index (χ0n) is 16.9. The number of fused-ring (bicyclic) bond motifs is 1. The lowest BCUT2D eigenvalue weighted by Crippen LogP contribution is -2.16. The number of amides is 1. The minimum atomic E-state index is -0.560. The lowest BCUT2D eigenvalue weighted by Gasteiger charge is -2.06. The molecule has 1 amide bonds. The smallest absolute Gasteiger partial charge is 0.275 e. The van der Waals surface area contributed by atoms with E-state index in [1.54, 1.807) is 31.2 Å². The molecule has 0 saturated carbocycles. The van der Waals surface area contributed by atoms with Crippen molar-refractivity contribution in [3.05, 3.63) is 67.5 Å². The van der Waals surface area contributed by atoms with E-state index in [0.717, 1.165) is 5.01 Å². The first kappa shape index (κ1) is 21.3. The fraction of sp³-hybridized carbons (Fsp3) is 0.150. The van der Waals surface area contributed by atoms with Gasteiger partial charge in [-0.05, 0) is 37.6 Å². The number of nitriles is 1. The predicted molar refractivity (Wildman–Crippen MR) is 120 cm³/mol. The highest BCUT2D eigenvalue weighted by Crippen LogP contribution is 2.18. The predicted octanol–water partition coefficient (Wildman–Crippen LogP) is 2.74. The Balaban J connectivity index is 1.42. The normalized spacial score (nSPS) is 11.3. The number of rotatable bonds is 6. The summed E-state index contributed by atoms with van der Waals surface area (Å²) in [6, 6.07) is 10.1. The summed E-state index contributed by atoms with van der Waals surface area (Å²) in [5.74, 6) is -0.00744. The SMILES string of the molecule is Cc1nnc(NC(=O)/C(C#N)=C\c2ccc(OCc3cc(=O)n4nc(C)sc4n3)cc2)s1. The third kappa shape index (κ3) is 4.85. The Kier molecular flexibility index (Phi) is 6.02. The average Bonchev–Trinajstić information content (AvgIpc) is 3.35. The molecule has 1 aromatic carbocycles. The van der Waals surface area contributed by atoms with Gasteiger partial charge >= 0.3 is 0 Å². The molecule has 0 fully saturated rings. The van der Waals surface area contributed by atoms with Crippen LogP contribution in [-0.4, -0.2) is 30.7 Å². The number of nitrogens with one attached hydrogen (secondary N) is 1. The molecular weight excluding hydrogens is 450 g/mol. The molecule has 160 valence electrons. The summed E-state index contributed by atoms with van der Waals surface area (Å²) >= 11 is 2.55. The molecule has 12 heteroatoms. The third-order valence-corrected chi connectivity index (χ3v) is 5.67. The number of ether oxygens (including phenoxy) is 1. The summed E-state index contributed by atoms with van der Waals surface area (Å²) in [6.07, 6.45) is 1.47. The van der Waals surface area contributed by atoms with Gasteiger partial charge in [-0.3, -0.25) is 14.9 Å². The number of benzene rings is 1. The first-order valence-corrected chi connectivity index (χ1v) is 10.9. The maximum absolute atomic E-state index is 12.3. The Hall–Kier alpha value is -3.95. The zero-order valence-corrected chi connectivity index (χ0v) is 18.5. The highest BCUT2D eigenvalue weighted by atomic mass is 32.1. The molecule has 32 heavy (non-hydrogen) atoms. The molecule has 0 saturated heterocycles. The Morgan fingerprint density at radius 2 is 2.00 bits per heavy atom. The number of anilines is 1. The Labute approximate surface area is 189 Å². The Bertz CT molecular complexity index is 1430. The maximum atomic E-state index is 12.3. The molecule has 0 aliphatic carbocycles. The van der Waals surface area contributed by atoms with E-state index in [1.807, 2.05) is 13.0 Å². The van der Waals surface area contributed by atoms with Gasteiger partial charge in [0, 0.05) is 6.07 Å². The van der Waals surface area contributed by atoms with Crippen LogP contribution in [-0.2, 0) is 11.4 Å². The molecule has 0 unspecified atom stereocenters. The second kappa shape index (κ2) is 9.04. The fourth-order valence-electron chi connectivity index (χ4n) is 2.67. The largest absolute Gasteiger partial charge is 0.487 e. The molecule has 0 atom stereocenters. The van der Waals surface area contributed by atoms with Crippen molar-refractivity contribution in [1.82, 2.24) is 24.8 Å². The minimum Gasteiger partial charge on any atom is -0.487 e. The fourth-order valence-corrected chi connectivity index (χ4v) is 4.02. The topological polar surface area (TPSA) is 135 Å². The van der Waals surface area contributed by atoms with E-state index >= 15 is 0 Å². The van der Waals surface area contributed by atoms with Gasteiger partial charge in [0.25, 0.3) is 11.5 Å². The first-order chi connectivity index (χ1) is 15.4. The van der Waals surface area contributed by atoms with Crippen LogP contribution in [0, 0.1) is 25.2 Å². The summed E-state index contributed by atoms with van der Waals surface area (Å²) < 4.78 is 6.98. The number of hydrogen-bond donors (Lipinski definition) is 1. The molecule has 10 nitrogen and oxygen atoms in total. The summed E-state index contributed by atoms with van der Waals surface area (Å²) in [4.78, 5) is 29.3. The van der Waals surface area contributed by atoms with Gasteiger partial charge < -0.3 is 4.74 Å². The number of carbonyl (C=O) groups excluding carboxylic acids is 1. The van der Waals surface area contributed by atoms with Gasteiger partial charge in [-0.25, -0.2) is 4.98 Å². The molecule has 0 bridgehead atoms. The van der Waals surface area contributed by atoms with Crippen LogP contribution in [0.5, 0.6) is 5.75 Å². The van der Waals surface area contributed by atoms with E-state index in [4.69, 9.17) is 4.74 Å². The summed E-state index contributed by atoms with van der Waals surface area (Å²) in [6.45, 7) is 3.69. The molecule has 3 heterocycles. The van der Waals surface area contributed by atoms with Crippen molar-refractivity contribution in [1.29, 1.82) is 5.26 Å². The van der Waals surface area contributed by atoms with Crippen LogP contribution in [0.4, 0.5) is 5.13 Å². The van der Waals surface area contributed by atoms with Crippen molar-refractivity contribution in [2.24, 2.45) is 0 Å². The van der Waals surface area contributed by atoms with Crippen LogP contribution < -0.4 is 15.6 Å². The van der Waals surface area contributed by atoms with Crippen molar-refractivity contribution >= 4 is 44.7 Å². The average molecular weight is 466 g/mol. The maximum Gasteiger partial charge on any atom is 0.275 e. The molecule has 1 N–H and O–H groups in total. The minimum absolute atomic E-state index is 0.0654. The van der Waals surface area contributed by atoms with Crippen LogP contribution >= 0.6 is 22.7 Å². The second-order valence-electron chi connectivity index (χ2n) is 6.51. The van der Waals surface area contributed by atoms with Gasteiger partial charge in [0.1, 0.15) is 34.0 Å². The summed E-state index contributed by atoms with van der Waals surface area (Å²) in [5.41, 5.74) is 0.821. The second-order valence-corrected chi connectivity index (χ2v) is 8.85. The van der Waals surface area contributed by atoms with Crippen LogP contribution in [0.3, 0.4) is 0 Å². The van der Waals surface area contributed by atoms with Crippen molar-refractivity contribution in [2.75, 3.05) is 5.32 Å². The van der Waals surface area contributed by atoms with Gasteiger partial charge in [0.2, 0.25) is 10.1 Å². The van der Waals surface area contributed by atoms with E-state index in [1.165, 1.54) is 39.3 Å². The lowest BCUT2D eigenvalue weighted by atomic mass is 10.1. The highest BCUT2D eigenvalue weighted by Gasteiger charge is 2.12. The third-order valence-electron chi connectivity index (χ3n) is 4.09. The molecule has 3 aromatic heterocycles. The molecule has 0 aliphatic rings. The Morgan fingerprint density at radius 3 is 2.69 bits per heavy atom. The lowest BCUT2D eigenvalue weighted by molar-refractivity contribution is -0.112. The summed E-state index contributed by atoms with van der Waals surface area (Å²) in [5, 5.41) is 25.4. The van der Waals surface area contributed by atoms with Crippen LogP contribution in [0.25, 0.3) is 11.0 Å². The standard InChI is InChI=1S/C20H15N7O3S2/c1-11-24-25-19(31-11)23-18(29)14(9-21)7-13-3-5-16(6-4-13)30-10-15-8-17(28)27-20(22-15)32-12(2)26-27/h3-8H,10H2,1-2H3,(H,23,25,29)/b14-7-. The highest BCUT2D eigenvalue weighted by molar-refractivity contribution is 7.16. The number of aromatic nitrogens is 5. The van der Waals surface area contributed by atoms with E-state index < -0.39 is 5.91 Å². The van der Waals surface area contributed by atoms with Crippen LogP contribution in [0.1, 0.15) is 21.3 Å².